The molecule has 1 aromatic carbocycles. The molecule has 6 nitrogen and oxygen atoms in total. The van der Waals surface area contributed by atoms with E-state index in [-0.39, 0.29) is 5.91 Å². The summed E-state index contributed by atoms with van der Waals surface area (Å²) in [6.45, 7) is 0. The number of hydrogen-bond acceptors (Lipinski definition) is 6. The van der Waals surface area contributed by atoms with Crippen LogP contribution in [0.1, 0.15) is 10.5 Å². The molecule has 0 fully saturated rings. The zero-order chi connectivity index (χ0) is 16.5. The molecular weight excluding hydrogens is 368 g/mol. The first-order valence-electron chi connectivity index (χ1n) is 6.78. The van der Waals surface area contributed by atoms with Gasteiger partial charge in [0.2, 0.25) is 0 Å². The van der Waals surface area contributed by atoms with E-state index < -0.39 is 0 Å². The van der Waals surface area contributed by atoms with E-state index in [1.807, 2.05) is 5.38 Å². The van der Waals surface area contributed by atoms with Gasteiger partial charge in [0.25, 0.3) is 11.1 Å². The van der Waals surface area contributed by atoms with Crippen LogP contribution in [0.5, 0.6) is 10.9 Å². The molecule has 4 aromatic rings. The molecule has 120 valence electrons. The molecule has 3 aromatic heterocycles. The zero-order valence-corrected chi connectivity index (χ0v) is 14.4. The Balaban J connectivity index is 1.53. The van der Waals surface area contributed by atoms with Crippen molar-refractivity contribution in [3.63, 3.8) is 0 Å². The highest BCUT2D eigenvalue weighted by Gasteiger charge is 2.14. The molecule has 0 atom stereocenters. The summed E-state index contributed by atoms with van der Waals surface area (Å²) in [6, 6.07) is 5.06. The van der Waals surface area contributed by atoms with Crippen molar-refractivity contribution in [3.05, 3.63) is 58.4 Å². The quantitative estimate of drug-likeness (QED) is 0.567. The maximum Gasteiger partial charge on any atom is 0.278 e. The third-order valence-electron chi connectivity index (χ3n) is 3.18. The standard InChI is InChI=1S/C15H9ClN4O2S2/c16-10-5-9(1-2-12(10)22-15-18-3-4-23-15)19-14(21)11-7-24-13-6-17-8-20(11)13/h1-8H,(H,19,21). The minimum atomic E-state index is -0.232. The molecule has 4 rings (SSSR count). The van der Waals surface area contributed by atoms with Gasteiger partial charge in [-0.1, -0.05) is 22.9 Å². The number of ether oxygens (including phenoxy) is 1. The normalized spacial score (nSPS) is 10.9. The van der Waals surface area contributed by atoms with Crippen LogP contribution in [0.2, 0.25) is 5.02 Å². The van der Waals surface area contributed by atoms with E-state index in [2.05, 4.69) is 15.3 Å². The van der Waals surface area contributed by atoms with E-state index in [4.69, 9.17) is 16.3 Å². The van der Waals surface area contributed by atoms with Gasteiger partial charge in [-0.3, -0.25) is 9.20 Å². The number of fused-ring (bicyclic) bond motifs is 1. The molecule has 0 saturated carbocycles. The summed E-state index contributed by atoms with van der Waals surface area (Å²) >= 11 is 9.05. The number of carbonyl (C=O) groups is 1. The molecule has 3 heterocycles. The number of aromatic nitrogens is 3. The second-order valence-electron chi connectivity index (χ2n) is 4.72. The minimum absolute atomic E-state index is 0.232. The molecule has 0 aliphatic carbocycles. The lowest BCUT2D eigenvalue weighted by Gasteiger charge is -2.08. The SMILES string of the molecule is O=C(Nc1ccc(Oc2nccs2)c(Cl)c1)c1csc2cncn12. The molecular formula is C15H9ClN4O2S2. The van der Waals surface area contributed by atoms with Crippen molar-refractivity contribution in [2.45, 2.75) is 0 Å². The number of rotatable bonds is 4. The predicted octanol–water partition coefficient (Wildman–Crippen LogP) is 4.55. The highest BCUT2D eigenvalue weighted by molar-refractivity contribution is 7.15. The van der Waals surface area contributed by atoms with E-state index in [0.29, 0.717) is 27.3 Å². The fourth-order valence-electron chi connectivity index (χ4n) is 2.10. The number of anilines is 1. The van der Waals surface area contributed by atoms with Crippen molar-refractivity contribution in [1.82, 2.24) is 14.4 Å². The molecule has 0 aliphatic heterocycles. The largest absolute Gasteiger partial charge is 0.429 e. The summed E-state index contributed by atoms with van der Waals surface area (Å²) in [5, 5.41) is 7.32. The van der Waals surface area contributed by atoms with Gasteiger partial charge in [0.05, 0.1) is 11.2 Å². The van der Waals surface area contributed by atoms with Crippen LogP contribution in [-0.2, 0) is 0 Å². The van der Waals surface area contributed by atoms with E-state index in [0.717, 1.165) is 4.83 Å². The van der Waals surface area contributed by atoms with Crippen molar-refractivity contribution < 1.29 is 9.53 Å². The molecule has 1 amide bonds. The molecule has 0 unspecified atom stereocenters. The Labute approximate surface area is 149 Å². The van der Waals surface area contributed by atoms with Gasteiger partial charge in [0, 0.05) is 22.6 Å². The minimum Gasteiger partial charge on any atom is -0.429 e. The monoisotopic (exact) mass is 376 g/mol. The Morgan fingerprint density at radius 2 is 2.25 bits per heavy atom. The number of carbonyl (C=O) groups excluding carboxylic acids is 1. The van der Waals surface area contributed by atoms with Gasteiger partial charge in [-0.05, 0) is 18.2 Å². The van der Waals surface area contributed by atoms with Crippen LogP contribution in [0.3, 0.4) is 0 Å². The summed E-state index contributed by atoms with van der Waals surface area (Å²) in [5.41, 5.74) is 1.10. The van der Waals surface area contributed by atoms with Crippen molar-refractivity contribution in [1.29, 1.82) is 0 Å². The number of benzene rings is 1. The van der Waals surface area contributed by atoms with E-state index in [1.165, 1.54) is 22.7 Å². The summed E-state index contributed by atoms with van der Waals surface area (Å²) in [6.07, 6.45) is 4.97. The van der Waals surface area contributed by atoms with Gasteiger partial charge in [-0.15, -0.1) is 11.3 Å². The molecule has 1 N–H and O–H groups in total. The smallest absolute Gasteiger partial charge is 0.278 e. The van der Waals surface area contributed by atoms with Crippen LogP contribution < -0.4 is 10.1 Å². The average Bonchev–Trinajstić information content (AvgIpc) is 3.27. The molecule has 24 heavy (non-hydrogen) atoms. The van der Waals surface area contributed by atoms with Crippen molar-refractivity contribution in [2.75, 3.05) is 5.32 Å². The Kier molecular flexibility index (Phi) is 3.93. The van der Waals surface area contributed by atoms with Gasteiger partial charge >= 0.3 is 0 Å². The molecule has 0 spiro atoms. The van der Waals surface area contributed by atoms with Gasteiger partial charge in [0.1, 0.15) is 22.6 Å². The Morgan fingerprint density at radius 3 is 3.04 bits per heavy atom. The Bertz CT molecular complexity index is 1010. The van der Waals surface area contributed by atoms with Gasteiger partial charge < -0.3 is 10.1 Å². The number of nitrogens with one attached hydrogen (secondary N) is 1. The second kappa shape index (κ2) is 6.23. The molecule has 0 bridgehead atoms. The number of halogens is 1. The lowest BCUT2D eigenvalue weighted by molar-refractivity contribution is 0.102. The third-order valence-corrected chi connectivity index (χ3v) is 5.01. The number of hydrogen-bond donors (Lipinski definition) is 1. The van der Waals surface area contributed by atoms with Crippen LogP contribution in [0.15, 0.2) is 47.7 Å². The van der Waals surface area contributed by atoms with E-state index in [9.17, 15) is 4.79 Å². The fraction of sp³-hybridized carbons (Fsp3) is 0. The molecule has 0 saturated heterocycles. The summed E-state index contributed by atoms with van der Waals surface area (Å²) in [4.78, 5) is 21.4. The Hall–Kier alpha value is -2.42. The third kappa shape index (κ3) is 2.86. The van der Waals surface area contributed by atoms with Gasteiger partial charge in [0.15, 0.2) is 0 Å². The number of imidazole rings is 1. The van der Waals surface area contributed by atoms with Crippen LogP contribution in [0.25, 0.3) is 4.83 Å². The number of nitrogens with zero attached hydrogens (tertiary/aromatic N) is 3. The van der Waals surface area contributed by atoms with Crippen molar-refractivity contribution in [2.24, 2.45) is 0 Å². The lowest BCUT2D eigenvalue weighted by Crippen LogP contribution is -2.13. The summed E-state index contributed by atoms with van der Waals surface area (Å²) in [5.74, 6) is 0.251. The molecule has 0 radical (unpaired) electrons. The van der Waals surface area contributed by atoms with Crippen molar-refractivity contribution in [3.8, 4) is 10.9 Å². The van der Waals surface area contributed by atoms with Crippen LogP contribution in [-0.4, -0.2) is 20.3 Å². The van der Waals surface area contributed by atoms with Gasteiger partial charge in [-0.2, -0.15) is 0 Å². The average molecular weight is 377 g/mol. The van der Waals surface area contributed by atoms with Crippen LogP contribution >= 0.6 is 34.3 Å². The molecule has 9 heteroatoms. The van der Waals surface area contributed by atoms with E-state index in [1.54, 1.807) is 46.7 Å². The maximum absolute atomic E-state index is 12.4. The first-order valence-corrected chi connectivity index (χ1v) is 8.92. The lowest BCUT2D eigenvalue weighted by atomic mass is 10.3. The highest BCUT2D eigenvalue weighted by atomic mass is 35.5. The zero-order valence-electron chi connectivity index (χ0n) is 12.0. The van der Waals surface area contributed by atoms with Gasteiger partial charge in [-0.25, -0.2) is 9.97 Å². The summed E-state index contributed by atoms with van der Waals surface area (Å²) in [7, 11) is 0. The summed E-state index contributed by atoms with van der Waals surface area (Å²) < 4.78 is 7.32. The molecule has 0 aliphatic rings. The number of thiazole rings is 2. The first-order chi connectivity index (χ1) is 11.7. The second-order valence-corrected chi connectivity index (χ2v) is 6.88. The topological polar surface area (TPSA) is 68.5 Å². The van der Waals surface area contributed by atoms with Crippen molar-refractivity contribution >= 4 is 50.7 Å². The van der Waals surface area contributed by atoms with Crippen LogP contribution in [0, 0.1) is 0 Å². The van der Waals surface area contributed by atoms with Crippen LogP contribution in [0.4, 0.5) is 5.69 Å². The maximum atomic E-state index is 12.4. The predicted molar refractivity (Wildman–Crippen MR) is 94.7 cm³/mol. The number of amides is 1. The fourth-order valence-corrected chi connectivity index (χ4v) is 3.65. The Morgan fingerprint density at radius 1 is 1.33 bits per heavy atom. The first kappa shape index (κ1) is 15.1. The van der Waals surface area contributed by atoms with E-state index >= 15 is 0 Å². The highest BCUT2D eigenvalue weighted by Crippen LogP contribution is 2.32.